The van der Waals surface area contributed by atoms with Crippen LogP contribution in [-0.4, -0.2) is 43.5 Å². The van der Waals surface area contributed by atoms with Crippen LogP contribution in [0.25, 0.3) is 22.2 Å². The van der Waals surface area contributed by atoms with E-state index in [1.54, 1.807) is 23.6 Å². The monoisotopic (exact) mass is 603 g/mol. The Morgan fingerprint density at radius 2 is 1.95 bits per heavy atom. The van der Waals surface area contributed by atoms with E-state index in [1.165, 1.54) is 44.4 Å². The molecule has 0 aliphatic carbocycles. The highest BCUT2D eigenvalue weighted by Crippen LogP contribution is 2.50. The first-order chi connectivity index (χ1) is 19.9. The molecule has 1 amide bonds. The maximum atomic E-state index is 15.4. The van der Waals surface area contributed by atoms with E-state index in [9.17, 15) is 23.0 Å². The van der Waals surface area contributed by atoms with E-state index in [1.807, 2.05) is 0 Å². The molecular weight excluding hydrogens is 578 g/mol. The summed E-state index contributed by atoms with van der Waals surface area (Å²) in [5.41, 5.74) is 0.360. The number of hydrogen-bond donors (Lipinski definition) is 2. The molecule has 0 saturated carbocycles. The third kappa shape index (κ3) is 4.83. The smallest absolute Gasteiger partial charge is 0.434 e. The lowest BCUT2D eigenvalue weighted by molar-refractivity contribution is -0.0507. The van der Waals surface area contributed by atoms with Crippen molar-refractivity contribution < 1.29 is 41.2 Å². The van der Waals surface area contributed by atoms with Gasteiger partial charge in [0, 0.05) is 40.7 Å². The second-order valence-electron chi connectivity index (χ2n) is 10.3. The highest BCUT2D eigenvalue weighted by atomic mass is 31.2. The summed E-state index contributed by atoms with van der Waals surface area (Å²) in [5.74, 6) is -0.644. The first-order valence-electron chi connectivity index (χ1n) is 13.0. The first-order valence-corrected chi connectivity index (χ1v) is 14.5. The van der Waals surface area contributed by atoms with Gasteiger partial charge in [0.1, 0.15) is 23.0 Å². The van der Waals surface area contributed by atoms with Gasteiger partial charge in [-0.3, -0.25) is 13.8 Å². The molecule has 0 fully saturated rings. The van der Waals surface area contributed by atoms with Crippen molar-refractivity contribution in [2.24, 2.45) is 0 Å². The Balaban J connectivity index is 1.42. The molecule has 2 aliphatic heterocycles. The summed E-state index contributed by atoms with van der Waals surface area (Å²) >= 11 is 0. The summed E-state index contributed by atoms with van der Waals surface area (Å²) in [7, 11) is -4.36. The van der Waals surface area contributed by atoms with Gasteiger partial charge in [0.25, 0.3) is 5.91 Å². The number of carbonyl (C=O) groups excluding carboxylic acids is 1. The number of nitrogens with zero attached hydrogens (tertiary/aromatic N) is 4. The lowest BCUT2D eigenvalue weighted by atomic mass is 9.97. The van der Waals surface area contributed by atoms with Crippen molar-refractivity contribution >= 4 is 24.8 Å². The van der Waals surface area contributed by atoms with Crippen LogP contribution in [-0.2, 0) is 19.2 Å². The Hall–Kier alpha value is -3.84. The summed E-state index contributed by atoms with van der Waals surface area (Å²) in [6.07, 6.45) is 3.06. The molecule has 15 heteroatoms. The molecule has 2 aromatic carbocycles. The number of amides is 1. The van der Waals surface area contributed by atoms with Crippen LogP contribution >= 0.6 is 7.82 Å². The second-order valence-corrected chi connectivity index (χ2v) is 11.7. The molecule has 4 heterocycles. The SMILES string of the molecule is CCOP(=O)(O)OC(C)(C)c1ncc(-c2cc3c(cc2F)nc2n3[C@@H]3C[C@H]2NC(=O)c2cccc(OC(F)F)c23)cn1. The molecule has 11 nitrogen and oxygen atoms in total. The molecule has 6 rings (SSSR count). The standard InChI is InChI=1S/C27H25F3N5O6P/c1-4-39-42(37,38)41-27(2,3)25-31-11-13(12-32-25)15-8-19-17(9-16(15)28)33-23-18-10-20(35(19)23)22-14(24(36)34-18)6-5-7-21(22)40-26(29)30/h5-9,11-12,18,20,26H,4,10H2,1-3H3,(H,34,36)(H,37,38)/t18-,20-/m1/s1. The van der Waals surface area contributed by atoms with Gasteiger partial charge in [0.2, 0.25) is 0 Å². The van der Waals surface area contributed by atoms with Crippen LogP contribution in [0.4, 0.5) is 13.2 Å². The fourth-order valence-electron chi connectivity index (χ4n) is 5.55. The minimum atomic E-state index is -4.36. The number of nitrogens with one attached hydrogen (secondary N) is 1. The molecule has 42 heavy (non-hydrogen) atoms. The highest BCUT2D eigenvalue weighted by molar-refractivity contribution is 7.47. The summed E-state index contributed by atoms with van der Waals surface area (Å²) in [4.78, 5) is 35.9. The number of rotatable bonds is 8. The zero-order valence-corrected chi connectivity index (χ0v) is 23.4. The van der Waals surface area contributed by atoms with Gasteiger partial charge in [-0.05, 0) is 45.4 Å². The predicted octanol–water partition coefficient (Wildman–Crippen LogP) is 5.40. The van der Waals surface area contributed by atoms with Crippen molar-refractivity contribution in [1.82, 2.24) is 24.8 Å². The number of phosphoric acid groups is 1. The average molecular weight is 603 g/mol. The number of hydrogen-bond acceptors (Lipinski definition) is 8. The topological polar surface area (TPSA) is 138 Å². The van der Waals surface area contributed by atoms with E-state index in [0.717, 1.165) is 0 Å². The first kappa shape index (κ1) is 28.3. The Bertz CT molecular complexity index is 1760. The Labute approximate surface area is 237 Å². The van der Waals surface area contributed by atoms with Gasteiger partial charge in [-0.25, -0.2) is 23.9 Å². The number of halogens is 3. The van der Waals surface area contributed by atoms with Crippen LogP contribution in [0.2, 0.25) is 0 Å². The molecule has 2 aliphatic rings. The minimum absolute atomic E-state index is 0.0379. The largest absolute Gasteiger partial charge is 0.473 e. The zero-order chi connectivity index (χ0) is 30.0. The summed E-state index contributed by atoms with van der Waals surface area (Å²) in [6, 6.07) is 6.09. The molecule has 2 bridgehead atoms. The Morgan fingerprint density at radius 1 is 1.21 bits per heavy atom. The second kappa shape index (κ2) is 10.2. The third-order valence-corrected chi connectivity index (χ3v) is 8.46. The van der Waals surface area contributed by atoms with E-state index >= 15 is 4.39 Å². The van der Waals surface area contributed by atoms with Crippen LogP contribution in [0.3, 0.4) is 0 Å². The number of aromatic nitrogens is 4. The minimum Gasteiger partial charge on any atom is -0.434 e. The zero-order valence-electron chi connectivity index (χ0n) is 22.5. The molecule has 2 N–H and O–H groups in total. The summed E-state index contributed by atoms with van der Waals surface area (Å²) < 4.78 is 70.7. The van der Waals surface area contributed by atoms with E-state index in [0.29, 0.717) is 34.4 Å². The lowest BCUT2D eigenvalue weighted by Crippen LogP contribution is -2.28. The van der Waals surface area contributed by atoms with Crippen LogP contribution in [0, 0.1) is 5.82 Å². The Morgan fingerprint density at radius 3 is 2.64 bits per heavy atom. The molecule has 1 unspecified atom stereocenters. The van der Waals surface area contributed by atoms with Crippen molar-refractivity contribution in [2.75, 3.05) is 6.61 Å². The number of benzene rings is 2. The number of alkyl halides is 2. The lowest BCUT2D eigenvalue weighted by Gasteiger charge is -2.25. The molecule has 0 saturated heterocycles. The number of fused-ring (bicyclic) bond motifs is 9. The highest BCUT2D eigenvalue weighted by Gasteiger charge is 2.42. The van der Waals surface area contributed by atoms with Crippen LogP contribution < -0.4 is 10.1 Å². The van der Waals surface area contributed by atoms with Crippen LogP contribution in [0.15, 0.2) is 42.7 Å². The molecule has 220 valence electrons. The van der Waals surface area contributed by atoms with Gasteiger partial charge < -0.3 is 19.5 Å². The number of phosphoric ester groups is 1. The van der Waals surface area contributed by atoms with Crippen LogP contribution in [0.1, 0.15) is 66.8 Å². The average Bonchev–Trinajstić information content (AvgIpc) is 3.38. The van der Waals surface area contributed by atoms with Crippen molar-refractivity contribution in [2.45, 2.75) is 51.5 Å². The van der Waals surface area contributed by atoms with Crippen molar-refractivity contribution in [3.05, 3.63) is 71.3 Å². The quantitative estimate of drug-likeness (QED) is 0.254. The van der Waals surface area contributed by atoms with E-state index < -0.39 is 43.8 Å². The van der Waals surface area contributed by atoms with Gasteiger partial charge in [0.05, 0.1) is 29.7 Å². The summed E-state index contributed by atoms with van der Waals surface area (Å²) in [6.45, 7) is 1.40. The maximum Gasteiger partial charge on any atom is 0.473 e. The third-order valence-electron chi connectivity index (χ3n) is 7.19. The molecule has 0 spiro atoms. The van der Waals surface area contributed by atoms with Gasteiger partial charge >= 0.3 is 14.4 Å². The van der Waals surface area contributed by atoms with Gasteiger partial charge in [-0.1, -0.05) is 6.07 Å². The fourth-order valence-corrected chi connectivity index (χ4v) is 6.59. The van der Waals surface area contributed by atoms with Gasteiger partial charge in [0.15, 0.2) is 5.82 Å². The van der Waals surface area contributed by atoms with E-state index in [4.69, 9.17) is 13.8 Å². The Kier molecular flexibility index (Phi) is 6.84. The van der Waals surface area contributed by atoms with E-state index in [-0.39, 0.29) is 29.3 Å². The summed E-state index contributed by atoms with van der Waals surface area (Å²) in [5, 5.41) is 2.89. The molecule has 4 aromatic rings. The van der Waals surface area contributed by atoms with Crippen molar-refractivity contribution in [3.8, 4) is 16.9 Å². The van der Waals surface area contributed by atoms with Crippen molar-refractivity contribution in [1.29, 1.82) is 0 Å². The molecule has 2 aromatic heterocycles. The predicted molar refractivity (Wildman–Crippen MR) is 142 cm³/mol. The number of ether oxygens (including phenoxy) is 1. The van der Waals surface area contributed by atoms with Gasteiger partial charge in [-0.2, -0.15) is 8.78 Å². The molecule has 3 atom stereocenters. The van der Waals surface area contributed by atoms with E-state index in [2.05, 4.69) is 20.3 Å². The number of imidazole rings is 1. The molecular formula is C27H25F3N5O6P. The van der Waals surface area contributed by atoms with Crippen LogP contribution in [0.5, 0.6) is 5.75 Å². The fraction of sp³-hybridized carbons (Fsp3) is 0.333. The number of carbonyl (C=O) groups is 1. The van der Waals surface area contributed by atoms with Gasteiger partial charge in [-0.15, -0.1) is 0 Å². The van der Waals surface area contributed by atoms with Crippen molar-refractivity contribution in [3.63, 3.8) is 0 Å². The normalized spacial score (nSPS) is 19.3. The molecule has 0 radical (unpaired) electrons. The maximum absolute atomic E-state index is 15.4.